The van der Waals surface area contributed by atoms with Gasteiger partial charge < -0.3 is 15.6 Å². The fourth-order valence-corrected chi connectivity index (χ4v) is 7.82. The van der Waals surface area contributed by atoms with Gasteiger partial charge in [-0.3, -0.25) is 4.79 Å². The van der Waals surface area contributed by atoms with Crippen molar-refractivity contribution in [3.05, 3.63) is 12.7 Å². The predicted molar refractivity (Wildman–Crippen MR) is 118 cm³/mol. The Kier molecular flexibility index (Phi) is 6.56. The average Bonchev–Trinajstić information content (AvgIpc) is 2.76. The van der Waals surface area contributed by atoms with Crippen molar-refractivity contribution in [3.8, 4) is 12.8 Å². The fourth-order valence-electron chi connectivity index (χ4n) is 7.82. The molecular formula is C25H39NO4. The Bertz CT molecular complexity index is 732. The van der Waals surface area contributed by atoms with Crippen molar-refractivity contribution in [2.24, 2.45) is 45.1 Å². The zero-order chi connectivity index (χ0) is 23.1. The zero-order valence-corrected chi connectivity index (χ0v) is 19.2. The van der Waals surface area contributed by atoms with Crippen molar-refractivity contribution in [3.63, 3.8) is 0 Å². The van der Waals surface area contributed by atoms with Gasteiger partial charge in [0.05, 0.1) is 0 Å². The molecule has 0 aliphatic heterocycles. The van der Waals surface area contributed by atoms with E-state index in [0.29, 0.717) is 18.3 Å². The van der Waals surface area contributed by atoms with E-state index in [1.165, 1.54) is 12.8 Å². The SMILES string of the molecule is C#C.C=CC1(C)C[C@@H](OC(N)=O)[C@]2(C)C(C)CCC34CCC3(CC42)[C@@H](C)C1=O.CO. The summed E-state index contributed by atoms with van der Waals surface area (Å²) in [4.78, 5) is 25.4. The maximum Gasteiger partial charge on any atom is 0.404 e. The third-order valence-electron chi connectivity index (χ3n) is 9.88. The number of fused-ring (bicyclic) bond motifs is 4. The van der Waals surface area contributed by atoms with E-state index in [1.807, 2.05) is 6.92 Å². The highest BCUT2D eigenvalue weighted by Gasteiger charge is 2.79. The largest absolute Gasteiger partial charge is 0.446 e. The zero-order valence-electron chi connectivity index (χ0n) is 19.2. The molecule has 0 aromatic carbocycles. The maximum atomic E-state index is 13.6. The minimum atomic E-state index is -0.728. The molecule has 5 aliphatic rings. The normalized spacial score (nSPS) is 48.1. The van der Waals surface area contributed by atoms with E-state index in [9.17, 15) is 9.59 Å². The second kappa shape index (κ2) is 8.04. The smallest absolute Gasteiger partial charge is 0.404 e. The molecule has 0 heterocycles. The summed E-state index contributed by atoms with van der Waals surface area (Å²) in [7, 11) is 1.00. The molecule has 1 amide bonds. The highest BCUT2D eigenvalue weighted by atomic mass is 16.6. The number of terminal acetylenes is 1. The molecule has 30 heavy (non-hydrogen) atoms. The highest BCUT2D eigenvalue weighted by molar-refractivity contribution is 5.89. The first kappa shape index (κ1) is 24.5. The second-order valence-corrected chi connectivity index (χ2v) is 10.2. The fraction of sp³-hybridized carbons (Fsp3) is 0.760. The Morgan fingerprint density at radius 2 is 1.73 bits per heavy atom. The number of rotatable bonds is 2. The van der Waals surface area contributed by atoms with E-state index in [2.05, 4.69) is 40.2 Å². The summed E-state index contributed by atoms with van der Waals surface area (Å²) in [5, 5.41) is 7.00. The molecule has 0 aromatic rings. The van der Waals surface area contributed by atoms with Crippen LogP contribution in [0.4, 0.5) is 4.79 Å². The monoisotopic (exact) mass is 417 g/mol. The Morgan fingerprint density at radius 1 is 1.17 bits per heavy atom. The number of aliphatic hydroxyl groups excluding tert-OH is 1. The number of nitrogens with two attached hydrogens (primary N) is 1. The predicted octanol–water partition coefficient (Wildman–Crippen LogP) is 4.33. The number of ether oxygens (including phenoxy) is 1. The van der Waals surface area contributed by atoms with Crippen LogP contribution in [0.3, 0.4) is 0 Å². The number of aliphatic hydroxyl groups is 1. The van der Waals surface area contributed by atoms with Gasteiger partial charge in [0.15, 0.2) is 0 Å². The van der Waals surface area contributed by atoms with E-state index < -0.39 is 11.5 Å². The van der Waals surface area contributed by atoms with Gasteiger partial charge in [-0.2, -0.15) is 0 Å². The van der Waals surface area contributed by atoms with Gasteiger partial charge >= 0.3 is 6.09 Å². The van der Waals surface area contributed by atoms with E-state index >= 15 is 0 Å². The van der Waals surface area contributed by atoms with Crippen LogP contribution in [0.15, 0.2) is 12.7 Å². The summed E-state index contributed by atoms with van der Waals surface area (Å²) in [6.45, 7) is 12.7. The second-order valence-electron chi connectivity index (χ2n) is 10.2. The quantitative estimate of drug-likeness (QED) is 0.517. The van der Waals surface area contributed by atoms with Gasteiger partial charge in [0.2, 0.25) is 0 Å². The van der Waals surface area contributed by atoms with Crippen LogP contribution < -0.4 is 5.73 Å². The first-order valence-corrected chi connectivity index (χ1v) is 11.0. The van der Waals surface area contributed by atoms with Crippen LogP contribution >= 0.6 is 0 Å². The summed E-state index contributed by atoms with van der Waals surface area (Å²) in [5.41, 5.74) is 5.08. The molecule has 168 valence electrons. The lowest BCUT2D eigenvalue weighted by molar-refractivity contribution is -0.324. The molecule has 0 saturated heterocycles. The molecule has 5 fully saturated rings. The molecule has 8 atom stereocenters. The van der Waals surface area contributed by atoms with Gasteiger partial charge in [0.1, 0.15) is 11.9 Å². The molecule has 5 rings (SSSR count). The van der Waals surface area contributed by atoms with Crippen LogP contribution in [-0.2, 0) is 9.53 Å². The van der Waals surface area contributed by atoms with Gasteiger partial charge in [0, 0.05) is 30.3 Å². The van der Waals surface area contributed by atoms with Crippen molar-refractivity contribution < 1.29 is 19.4 Å². The molecule has 0 radical (unpaired) electrons. The van der Waals surface area contributed by atoms with Crippen LogP contribution in [0, 0.1) is 52.3 Å². The minimum absolute atomic E-state index is 0.0421. The number of carbonyl (C=O) groups is 2. The first-order valence-electron chi connectivity index (χ1n) is 11.0. The van der Waals surface area contributed by atoms with Gasteiger partial charge in [-0.15, -0.1) is 19.4 Å². The summed E-state index contributed by atoms with van der Waals surface area (Å²) < 4.78 is 5.76. The Hall–Kier alpha value is -1.80. The lowest BCUT2D eigenvalue weighted by Crippen LogP contribution is -2.75. The third-order valence-corrected chi connectivity index (χ3v) is 9.88. The standard InChI is InChI=1S/C22H33NO3.C2H2.CH4O/c1-6-19(4)12-16(26-18(23)25)20(5)13(2)7-8-21-9-10-22(21,11-15(20)21)14(3)17(19)24;2*1-2/h6,13-16H,1,7-12H2,2-5H3,(H2,23,25);1-2H;2H,1H3/t13?,14-,15?,16+,19?,20+,21?,22?;;/m0../s1. The number of hydrogen-bond donors (Lipinski definition) is 2. The van der Waals surface area contributed by atoms with E-state index in [1.54, 1.807) is 6.08 Å². The molecule has 2 spiro atoms. The first-order chi connectivity index (χ1) is 14.1. The number of ketones is 1. The number of allylic oxidation sites excluding steroid dienone is 1. The van der Waals surface area contributed by atoms with Crippen molar-refractivity contribution in [1.29, 1.82) is 0 Å². The molecule has 3 N–H and O–H groups in total. The molecule has 5 saturated carbocycles. The highest BCUT2D eigenvalue weighted by Crippen LogP contribution is 2.84. The number of carbonyl (C=O) groups excluding carboxylic acids is 2. The van der Waals surface area contributed by atoms with Crippen molar-refractivity contribution in [2.45, 2.75) is 72.3 Å². The van der Waals surface area contributed by atoms with Gasteiger partial charge in [-0.25, -0.2) is 4.79 Å². The van der Waals surface area contributed by atoms with E-state index in [4.69, 9.17) is 15.6 Å². The molecule has 5 unspecified atom stereocenters. The maximum absolute atomic E-state index is 13.6. The molecular weight excluding hydrogens is 378 g/mol. The van der Waals surface area contributed by atoms with Gasteiger partial charge in [-0.05, 0) is 61.7 Å². The van der Waals surface area contributed by atoms with E-state index in [0.717, 1.165) is 26.4 Å². The van der Waals surface area contributed by atoms with Crippen LogP contribution in [0.2, 0.25) is 0 Å². The summed E-state index contributed by atoms with van der Waals surface area (Å²) >= 11 is 0. The minimum Gasteiger partial charge on any atom is -0.446 e. The summed E-state index contributed by atoms with van der Waals surface area (Å²) in [6.07, 6.45) is 15.0. The van der Waals surface area contributed by atoms with E-state index in [-0.39, 0.29) is 34.1 Å². The lowest BCUT2D eigenvalue weighted by Gasteiger charge is -2.80. The van der Waals surface area contributed by atoms with Gasteiger partial charge in [0.25, 0.3) is 0 Å². The van der Waals surface area contributed by atoms with Crippen molar-refractivity contribution in [1.82, 2.24) is 0 Å². The average molecular weight is 418 g/mol. The van der Waals surface area contributed by atoms with Crippen molar-refractivity contribution >= 4 is 11.9 Å². The Balaban J connectivity index is 0.000000757. The molecule has 0 aromatic heterocycles. The summed E-state index contributed by atoms with van der Waals surface area (Å²) in [5.74, 6) is 1.27. The van der Waals surface area contributed by atoms with Crippen LogP contribution in [0.1, 0.15) is 66.2 Å². The third kappa shape index (κ3) is 2.79. The molecule has 5 aliphatic carbocycles. The summed E-state index contributed by atoms with van der Waals surface area (Å²) in [6, 6.07) is 0. The number of amides is 1. The molecule has 5 heteroatoms. The Labute approximate surface area is 181 Å². The van der Waals surface area contributed by atoms with Crippen LogP contribution in [0.25, 0.3) is 0 Å². The van der Waals surface area contributed by atoms with Crippen molar-refractivity contribution in [2.75, 3.05) is 7.11 Å². The topological polar surface area (TPSA) is 89.6 Å². The van der Waals surface area contributed by atoms with Gasteiger partial charge in [-0.1, -0.05) is 26.8 Å². The Morgan fingerprint density at radius 3 is 2.20 bits per heavy atom. The number of hydrogen-bond acceptors (Lipinski definition) is 4. The van der Waals surface area contributed by atoms with Crippen LogP contribution in [-0.4, -0.2) is 30.2 Å². The molecule has 4 bridgehead atoms. The lowest BCUT2D eigenvalue weighted by atomic mass is 9.24. The number of primary amides is 1. The molecule has 5 nitrogen and oxygen atoms in total. The van der Waals surface area contributed by atoms with Crippen LogP contribution in [0.5, 0.6) is 0 Å². The number of Topliss-reactive ketones (excluding diaryl/α,β-unsaturated/α-hetero) is 1.